The Labute approximate surface area is 121 Å². The van der Waals surface area contributed by atoms with Gasteiger partial charge in [-0.1, -0.05) is 0 Å². The van der Waals surface area contributed by atoms with Crippen LogP contribution >= 0.6 is 0 Å². The van der Waals surface area contributed by atoms with Gasteiger partial charge >= 0.3 is 11.9 Å². The summed E-state index contributed by atoms with van der Waals surface area (Å²) >= 11 is 0. The number of carbonyl (C=O) groups is 2. The van der Waals surface area contributed by atoms with Gasteiger partial charge in [0.1, 0.15) is 0 Å². The van der Waals surface area contributed by atoms with E-state index >= 15 is 0 Å². The molecule has 0 radical (unpaired) electrons. The Morgan fingerprint density at radius 2 is 2.00 bits per heavy atom. The number of pyridine rings is 1. The van der Waals surface area contributed by atoms with Gasteiger partial charge in [0.2, 0.25) is 5.88 Å². The smallest absolute Gasteiger partial charge is 0.357 e. The predicted octanol–water partition coefficient (Wildman–Crippen LogP) is 1.25. The third-order valence-electron chi connectivity index (χ3n) is 2.97. The molecular weight excluding hydrogens is 278 g/mol. The zero-order valence-electron chi connectivity index (χ0n) is 11.9. The fraction of sp³-hybridized carbons (Fsp3) is 0.500. The van der Waals surface area contributed by atoms with Crippen LogP contribution in [0, 0.1) is 0 Å². The second-order valence-electron chi connectivity index (χ2n) is 4.37. The van der Waals surface area contributed by atoms with Gasteiger partial charge in [0.25, 0.3) is 0 Å². The monoisotopic (exact) mass is 295 g/mol. The first-order valence-corrected chi connectivity index (χ1v) is 6.78. The summed E-state index contributed by atoms with van der Waals surface area (Å²) in [6.45, 7) is 3.93. The lowest BCUT2D eigenvalue weighted by atomic mass is 10.0. The summed E-state index contributed by atoms with van der Waals surface area (Å²) in [4.78, 5) is 27.9. The highest BCUT2D eigenvalue weighted by molar-refractivity contribution is 6.02. The molecule has 0 aromatic carbocycles. The first kappa shape index (κ1) is 15.2. The Morgan fingerprint density at radius 3 is 2.67 bits per heavy atom. The van der Waals surface area contributed by atoms with Crippen molar-refractivity contribution < 1.29 is 28.9 Å². The molecule has 7 heteroatoms. The third-order valence-corrected chi connectivity index (χ3v) is 2.97. The topological polar surface area (TPSA) is 95.0 Å². The SMILES string of the molecule is CCOC(=O)c1cc2c(nc1C(=O)OCC)OCCC2O. The first-order valence-electron chi connectivity index (χ1n) is 6.78. The largest absolute Gasteiger partial charge is 0.477 e. The van der Waals surface area contributed by atoms with Crippen molar-refractivity contribution in [3.05, 3.63) is 22.9 Å². The number of aromatic nitrogens is 1. The molecule has 0 aliphatic carbocycles. The van der Waals surface area contributed by atoms with E-state index in [4.69, 9.17) is 14.2 Å². The van der Waals surface area contributed by atoms with Crippen molar-refractivity contribution in [2.45, 2.75) is 26.4 Å². The second kappa shape index (κ2) is 6.53. The van der Waals surface area contributed by atoms with Crippen molar-refractivity contribution in [3.8, 4) is 5.88 Å². The summed E-state index contributed by atoms with van der Waals surface area (Å²) in [5.74, 6) is -1.27. The molecule has 2 heterocycles. The molecule has 1 aliphatic rings. The average Bonchev–Trinajstić information content (AvgIpc) is 2.47. The van der Waals surface area contributed by atoms with E-state index in [2.05, 4.69) is 4.98 Å². The van der Waals surface area contributed by atoms with Gasteiger partial charge in [-0.15, -0.1) is 0 Å². The molecule has 0 amide bonds. The van der Waals surface area contributed by atoms with Crippen LogP contribution in [0.4, 0.5) is 0 Å². The highest BCUT2D eigenvalue weighted by Gasteiger charge is 2.29. The number of esters is 2. The van der Waals surface area contributed by atoms with Crippen molar-refractivity contribution in [2.24, 2.45) is 0 Å². The molecular formula is C14H17NO6. The summed E-state index contributed by atoms with van der Waals surface area (Å²) in [7, 11) is 0. The molecule has 0 fully saturated rings. The number of fused-ring (bicyclic) bond motifs is 1. The molecule has 1 aromatic heterocycles. The van der Waals surface area contributed by atoms with E-state index in [1.165, 1.54) is 6.07 Å². The maximum atomic E-state index is 12.0. The molecule has 114 valence electrons. The molecule has 1 aliphatic heterocycles. The molecule has 0 bridgehead atoms. The number of hydrogen-bond acceptors (Lipinski definition) is 7. The van der Waals surface area contributed by atoms with E-state index in [0.29, 0.717) is 18.6 Å². The first-order chi connectivity index (χ1) is 10.1. The Bertz CT molecular complexity index is 557. The number of aliphatic hydroxyl groups excluding tert-OH is 1. The highest BCUT2D eigenvalue weighted by Crippen LogP contribution is 2.32. The van der Waals surface area contributed by atoms with Crippen LogP contribution < -0.4 is 4.74 Å². The third kappa shape index (κ3) is 3.13. The second-order valence-corrected chi connectivity index (χ2v) is 4.37. The number of aliphatic hydroxyl groups is 1. The van der Waals surface area contributed by atoms with Gasteiger partial charge < -0.3 is 19.3 Å². The summed E-state index contributed by atoms with van der Waals surface area (Å²) < 4.78 is 15.1. The van der Waals surface area contributed by atoms with E-state index < -0.39 is 18.0 Å². The molecule has 1 atom stereocenters. The molecule has 0 spiro atoms. The standard InChI is InChI=1S/C14H17NO6/c1-3-19-13(17)9-7-8-10(16)5-6-21-12(8)15-11(9)14(18)20-4-2/h7,10,16H,3-6H2,1-2H3. The van der Waals surface area contributed by atoms with Crippen LogP contribution in [0.15, 0.2) is 6.07 Å². The van der Waals surface area contributed by atoms with Crippen LogP contribution in [0.3, 0.4) is 0 Å². The van der Waals surface area contributed by atoms with Crippen LogP contribution in [-0.4, -0.2) is 41.8 Å². The average molecular weight is 295 g/mol. The fourth-order valence-corrected chi connectivity index (χ4v) is 2.01. The molecule has 7 nitrogen and oxygen atoms in total. The molecule has 2 rings (SSSR count). The maximum absolute atomic E-state index is 12.0. The quantitative estimate of drug-likeness (QED) is 0.835. The van der Waals surface area contributed by atoms with Gasteiger partial charge in [-0.2, -0.15) is 0 Å². The van der Waals surface area contributed by atoms with Gasteiger partial charge in [0.05, 0.1) is 31.5 Å². The number of carbonyl (C=O) groups excluding carboxylic acids is 2. The highest BCUT2D eigenvalue weighted by atomic mass is 16.5. The summed E-state index contributed by atoms with van der Waals surface area (Å²) in [6, 6.07) is 1.39. The van der Waals surface area contributed by atoms with Crippen LogP contribution in [0.5, 0.6) is 5.88 Å². The lowest BCUT2D eigenvalue weighted by molar-refractivity contribution is 0.0468. The Hall–Kier alpha value is -2.15. The van der Waals surface area contributed by atoms with Crippen molar-refractivity contribution in [1.29, 1.82) is 0 Å². The van der Waals surface area contributed by atoms with Gasteiger partial charge in [-0.05, 0) is 19.9 Å². The van der Waals surface area contributed by atoms with Gasteiger partial charge in [0, 0.05) is 12.0 Å². The van der Waals surface area contributed by atoms with Gasteiger partial charge in [-0.25, -0.2) is 14.6 Å². The molecule has 1 aromatic rings. The van der Waals surface area contributed by atoms with E-state index in [0.717, 1.165) is 0 Å². The lowest BCUT2D eigenvalue weighted by Crippen LogP contribution is -2.21. The zero-order chi connectivity index (χ0) is 15.4. The van der Waals surface area contributed by atoms with Crippen LogP contribution in [0.2, 0.25) is 0 Å². The molecule has 0 saturated heterocycles. The minimum Gasteiger partial charge on any atom is -0.477 e. The number of rotatable bonds is 4. The summed E-state index contributed by atoms with van der Waals surface area (Å²) in [5.41, 5.74) is 0.180. The molecule has 1 N–H and O–H groups in total. The van der Waals surface area contributed by atoms with Crippen molar-refractivity contribution in [2.75, 3.05) is 19.8 Å². The Kier molecular flexibility index (Phi) is 4.74. The van der Waals surface area contributed by atoms with Crippen molar-refractivity contribution >= 4 is 11.9 Å². The maximum Gasteiger partial charge on any atom is 0.357 e. The van der Waals surface area contributed by atoms with Gasteiger partial charge in [0.15, 0.2) is 5.69 Å². The number of ether oxygens (including phenoxy) is 3. The van der Waals surface area contributed by atoms with E-state index in [9.17, 15) is 14.7 Å². The summed E-state index contributed by atoms with van der Waals surface area (Å²) in [6.07, 6.45) is -0.388. The number of hydrogen-bond donors (Lipinski definition) is 1. The predicted molar refractivity (Wildman–Crippen MR) is 71.2 cm³/mol. The normalized spacial score (nSPS) is 16.6. The van der Waals surface area contributed by atoms with Gasteiger partial charge in [-0.3, -0.25) is 0 Å². The summed E-state index contributed by atoms with van der Waals surface area (Å²) in [5, 5.41) is 9.94. The minimum absolute atomic E-state index is 0.0291. The lowest BCUT2D eigenvalue weighted by Gasteiger charge is -2.22. The van der Waals surface area contributed by atoms with Crippen molar-refractivity contribution in [1.82, 2.24) is 4.98 Å². The Balaban J connectivity index is 2.50. The van der Waals surface area contributed by atoms with Crippen LogP contribution in [-0.2, 0) is 9.47 Å². The minimum atomic E-state index is -0.786. The molecule has 1 unspecified atom stereocenters. The van der Waals surface area contributed by atoms with E-state index in [1.807, 2.05) is 0 Å². The van der Waals surface area contributed by atoms with Crippen LogP contribution in [0.1, 0.15) is 52.8 Å². The van der Waals surface area contributed by atoms with E-state index in [1.54, 1.807) is 13.8 Å². The van der Waals surface area contributed by atoms with Crippen LogP contribution in [0.25, 0.3) is 0 Å². The Morgan fingerprint density at radius 1 is 1.33 bits per heavy atom. The fourth-order valence-electron chi connectivity index (χ4n) is 2.01. The molecule has 21 heavy (non-hydrogen) atoms. The zero-order valence-corrected chi connectivity index (χ0v) is 11.9. The molecule has 0 saturated carbocycles. The number of nitrogens with zero attached hydrogens (tertiary/aromatic N) is 1. The van der Waals surface area contributed by atoms with E-state index in [-0.39, 0.29) is 30.4 Å². The van der Waals surface area contributed by atoms with Crippen molar-refractivity contribution in [3.63, 3.8) is 0 Å².